The summed E-state index contributed by atoms with van der Waals surface area (Å²) in [6.07, 6.45) is 2.21. The van der Waals surface area contributed by atoms with Crippen LogP contribution in [0.2, 0.25) is 0 Å². The van der Waals surface area contributed by atoms with Crippen molar-refractivity contribution in [3.63, 3.8) is 0 Å². The van der Waals surface area contributed by atoms with Gasteiger partial charge >= 0.3 is 5.97 Å². The molecule has 1 fully saturated rings. The predicted molar refractivity (Wildman–Crippen MR) is 64.7 cm³/mol. The molecule has 1 N–H and O–H groups in total. The highest BCUT2D eigenvalue weighted by atomic mass is 16.4. The van der Waals surface area contributed by atoms with E-state index in [9.17, 15) is 9.59 Å². The van der Waals surface area contributed by atoms with Crippen LogP contribution in [0.25, 0.3) is 0 Å². The van der Waals surface area contributed by atoms with Crippen LogP contribution in [0.3, 0.4) is 0 Å². The molecule has 0 aliphatic heterocycles. The van der Waals surface area contributed by atoms with Gasteiger partial charge in [-0.3, -0.25) is 14.5 Å². The predicted octanol–water partition coefficient (Wildman–Crippen LogP) is 0.650. The topological polar surface area (TPSA) is 60.9 Å². The molecule has 1 amide bonds. The number of amides is 1. The largest absolute Gasteiger partial charge is 0.481 e. The highest BCUT2D eigenvalue weighted by Crippen LogP contribution is 2.26. The van der Waals surface area contributed by atoms with E-state index in [-0.39, 0.29) is 5.91 Å². The molecule has 1 aliphatic rings. The van der Waals surface area contributed by atoms with Crippen LogP contribution in [0.15, 0.2) is 0 Å². The number of hydrogen-bond acceptors (Lipinski definition) is 3. The summed E-state index contributed by atoms with van der Waals surface area (Å²) in [4.78, 5) is 26.3. The molecule has 0 aromatic rings. The second-order valence-corrected chi connectivity index (χ2v) is 4.85. The Labute approximate surface area is 102 Å². The maximum absolute atomic E-state index is 12.0. The van der Waals surface area contributed by atoms with Crippen LogP contribution in [0.4, 0.5) is 0 Å². The lowest BCUT2D eigenvalue weighted by atomic mass is 10.2. The smallest absolute Gasteiger partial charge is 0.307 e. The fraction of sp³-hybridized carbons (Fsp3) is 0.833. The molecule has 17 heavy (non-hydrogen) atoms. The van der Waals surface area contributed by atoms with Crippen molar-refractivity contribution in [1.29, 1.82) is 0 Å². The second-order valence-electron chi connectivity index (χ2n) is 4.85. The molecule has 0 aromatic carbocycles. The Hall–Kier alpha value is -1.10. The first-order valence-electron chi connectivity index (χ1n) is 6.16. The summed E-state index contributed by atoms with van der Waals surface area (Å²) < 4.78 is 0. The molecule has 0 saturated heterocycles. The third-order valence-corrected chi connectivity index (χ3v) is 3.06. The Kier molecular flexibility index (Phi) is 4.93. The summed E-state index contributed by atoms with van der Waals surface area (Å²) in [5, 5.41) is 8.80. The molecular formula is C12H22N2O3. The van der Waals surface area contributed by atoms with E-state index in [1.807, 2.05) is 11.8 Å². The third-order valence-electron chi connectivity index (χ3n) is 3.06. The zero-order valence-electron chi connectivity index (χ0n) is 10.8. The molecule has 5 heteroatoms. The summed E-state index contributed by atoms with van der Waals surface area (Å²) in [6.45, 7) is 5.09. The van der Waals surface area contributed by atoms with E-state index in [2.05, 4.69) is 0 Å². The maximum Gasteiger partial charge on any atom is 0.307 e. The fourth-order valence-electron chi connectivity index (χ4n) is 1.96. The lowest BCUT2D eigenvalue weighted by Gasteiger charge is -2.25. The van der Waals surface area contributed by atoms with Crippen LogP contribution < -0.4 is 0 Å². The molecule has 0 radical (unpaired) electrons. The number of carboxylic acids is 1. The van der Waals surface area contributed by atoms with Crippen molar-refractivity contribution in [2.24, 2.45) is 5.92 Å². The van der Waals surface area contributed by atoms with Crippen LogP contribution in [0.5, 0.6) is 0 Å². The standard InChI is InChI=1S/C12H22N2O3/c1-4-14(10-5-6-10)11(15)8-13(3)7-9(2)12(16)17/h9-10H,4-8H2,1-3H3,(H,16,17). The first-order valence-corrected chi connectivity index (χ1v) is 6.16. The molecule has 1 rings (SSSR count). The van der Waals surface area contributed by atoms with Gasteiger partial charge in [0.25, 0.3) is 0 Å². The molecule has 0 bridgehead atoms. The molecule has 1 atom stereocenters. The molecule has 0 aromatic heterocycles. The van der Waals surface area contributed by atoms with Crippen LogP contribution >= 0.6 is 0 Å². The molecular weight excluding hydrogens is 220 g/mol. The van der Waals surface area contributed by atoms with E-state index in [4.69, 9.17) is 5.11 Å². The number of likely N-dealkylation sites (N-methyl/N-ethyl adjacent to an activating group) is 2. The molecule has 1 unspecified atom stereocenters. The minimum atomic E-state index is -0.821. The average molecular weight is 242 g/mol. The second kappa shape index (κ2) is 6.00. The molecule has 98 valence electrons. The summed E-state index contributed by atoms with van der Waals surface area (Å²) >= 11 is 0. The Morgan fingerprint density at radius 1 is 1.41 bits per heavy atom. The summed E-state index contributed by atoms with van der Waals surface area (Å²) in [7, 11) is 1.79. The Morgan fingerprint density at radius 2 is 2.00 bits per heavy atom. The van der Waals surface area contributed by atoms with Crippen molar-refractivity contribution in [2.75, 3.05) is 26.7 Å². The average Bonchev–Trinajstić information content (AvgIpc) is 3.02. The molecule has 1 aliphatic carbocycles. The molecule has 5 nitrogen and oxygen atoms in total. The van der Waals surface area contributed by atoms with E-state index in [1.165, 1.54) is 0 Å². The van der Waals surface area contributed by atoms with Gasteiger partial charge in [-0.25, -0.2) is 0 Å². The summed E-state index contributed by atoms with van der Waals surface area (Å²) in [5.74, 6) is -1.15. The number of aliphatic carboxylic acids is 1. The first kappa shape index (κ1) is 14.0. The molecule has 0 heterocycles. The zero-order valence-corrected chi connectivity index (χ0v) is 10.8. The Balaban J connectivity index is 2.36. The van der Waals surface area contributed by atoms with E-state index < -0.39 is 11.9 Å². The third kappa shape index (κ3) is 4.34. The number of carboxylic acid groups (broad SMARTS) is 1. The van der Waals surface area contributed by atoms with Gasteiger partial charge in [0.2, 0.25) is 5.91 Å². The fourth-order valence-corrected chi connectivity index (χ4v) is 1.96. The molecule has 0 spiro atoms. The van der Waals surface area contributed by atoms with Crippen molar-refractivity contribution >= 4 is 11.9 Å². The number of carbonyl (C=O) groups is 2. The summed E-state index contributed by atoms with van der Waals surface area (Å²) in [5.41, 5.74) is 0. The highest BCUT2D eigenvalue weighted by Gasteiger charge is 2.31. The van der Waals surface area contributed by atoms with Crippen molar-refractivity contribution < 1.29 is 14.7 Å². The van der Waals surface area contributed by atoms with E-state index >= 15 is 0 Å². The van der Waals surface area contributed by atoms with Gasteiger partial charge in [-0.05, 0) is 26.8 Å². The number of nitrogens with zero attached hydrogens (tertiary/aromatic N) is 2. The quantitative estimate of drug-likeness (QED) is 0.712. The first-order chi connectivity index (χ1) is 7.95. The Bertz CT molecular complexity index is 289. The van der Waals surface area contributed by atoms with Gasteiger partial charge in [0.05, 0.1) is 12.5 Å². The van der Waals surface area contributed by atoms with Crippen LogP contribution in [0.1, 0.15) is 26.7 Å². The van der Waals surface area contributed by atoms with Crippen LogP contribution in [-0.4, -0.2) is 59.5 Å². The lowest BCUT2D eigenvalue weighted by Crippen LogP contribution is -2.41. The zero-order chi connectivity index (χ0) is 13.0. The highest BCUT2D eigenvalue weighted by molar-refractivity contribution is 5.79. The van der Waals surface area contributed by atoms with Crippen LogP contribution in [-0.2, 0) is 9.59 Å². The van der Waals surface area contributed by atoms with E-state index in [0.717, 1.165) is 19.4 Å². The van der Waals surface area contributed by atoms with Crippen molar-refractivity contribution in [1.82, 2.24) is 9.80 Å². The van der Waals surface area contributed by atoms with E-state index in [1.54, 1.807) is 18.9 Å². The SMILES string of the molecule is CCN(C(=O)CN(C)CC(C)C(=O)O)C1CC1. The Morgan fingerprint density at radius 3 is 2.41 bits per heavy atom. The minimum Gasteiger partial charge on any atom is -0.481 e. The minimum absolute atomic E-state index is 0.107. The number of carbonyl (C=O) groups excluding carboxylic acids is 1. The molecule has 1 saturated carbocycles. The van der Waals surface area contributed by atoms with Crippen molar-refractivity contribution in [3.8, 4) is 0 Å². The monoisotopic (exact) mass is 242 g/mol. The van der Waals surface area contributed by atoms with Gasteiger partial charge < -0.3 is 10.0 Å². The van der Waals surface area contributed by atoms with E-state index in [0.29, 0.717) is 19.1 Å². The van der Waals surface area contributed by atoms with Gasteiger partial charge in [-0.1, -0.05) is 6.92 Å². The number of hydrogen-bond donors (Lipinski definition) is 1. The number of rotatable bonds is 7. The van der Waals surface area contributed by atoms with Gasteiger partial charge in [-0.15, -0.1) is 0 Å². The van der Waals surface area contributed by atoms with Gasteiger partial charge in [0, 0.05) is 19.1 Å². The van der Waals surface area contributed by atoms with Gasteiger partial charge in [-0.2, -0.15) is 0 Å². The maximum atomic E-state index is 12.0. The summed E-state index contributed by atoms with van der Waals surface area (Å²) in [6, 6.07) is 0.429. The normalized spacial score (nSPS) is 16.9. The van der Waals surface area contributed by atoms with Crippen molar-refractivity contribution in [3.05, 3.63) is 0 Å². The lowest BCUT2D eigenvalue weighted by molar-refractivity contribution is -0.142. The van der Waals surface area contributed by atoms with Crippen LogP contribution in [0, 0.1) is 5.92 Å². The van der Waals surface area contributed by atoms with Crippen molar-refractivity contribution in [2.45, 2.75) is 32.7 Å². The van der Waals surface area contributed by atoms with Gasteiger partial charge in [0.1, 0.15) is 0 Å². The van der Waals surface area contributed by atoms with Gasteiger partial charge in [0.15, 0.2) is 0 Å².